The van der Waals surface area contributed by atoms with E-state index in [2.05, 4.69) is 19.9 Å². The maximum Gasteiger partial charge on any atom is 0.417 e. The van der Waals surface area contributed by atoms with Crippen molar-refractivity contribution in [3.05, 3.63) is 78.1 Å². The van der Waals surface area contributed by atoms with Crippen LogP contribution in [0.3, 0.4) is 0 Å². The lowest BCUT2D eigenvalue weighted by Gasteiger charge is -2.11. The van der Waals surface area contributed by atoms with Crippen LogP contribution in [0.2, 0.25) is 0 Å². The zero-order valence-electron chi connectivity index (χ0n) is 16.7. The molecule has 164 valence electrons. The first-order valence-corrected chi connectivity index (χ1v) is 9.34. The van der Waals surface area contributed by atoms with Gasteiger partial charge in [-0.1, -0.05) is 0 Å². The highest BCUT2D eigenvalue weighted by atomic mass is 19.4. The third-order valence-corrected chi connectivity index (χ3v) is 4.54. The second-order valence-corrected chi connectivity index (χ2v) is 6.68. The number of benzene rings is 1. The van der Waals surface area contributed by atoms with E-state index in [0.29, 0.717) is 40.0 Å². The maximum atomic E-state index is 13.1. The molecule has 0 amide bonds. The fraction of sp³-hybridized carbons (Fsp3) is 0.136. The molecule has 4 rings (SSSR count). The van der Waals surface area contributed by atoms with Crippen molar-refractivity contribution < 1.29 is 27.0 Å². The first-order valence-electron chi connectivity index (χ1n) is 9.34. The van der Waals surface area contributed by atoms with Gasteiger partial charge in [0.25, 0.3) is 0 Å². The van der Waals surface area contributed by atoms with E-state index in [1.807, 2.05) is 0 Å². The minimum absolute atomic E-state index is 0.0105. The minimum Gasteiger partial charge on any atom is -0.496 e. The summed E-state index contributed by atoms with van der Waals surface area (Å²) in [7, 11) is 1.50. The topological polar surface area (TPSA) is 72.9 Å². The van der Waals surface area contributed by atoms with Crippen LogP contribution in [-0.4, -0.2) is 27.0 Å². The number of pyridine rings is 2. The number of nitrogens with zero attached hydrogens (tertiary/aromatic N) is 3. The van der Waals surface area contributed by atoms with Crippen molar-refractivity contribution in [1.82, 2.24) is 19.9 Å². The molecule has 10 heteroatoms. The Kier molecular flexibility index (Phi) is 5.76. The molecule has 0 saturated heterocycles. The SMILES string of the molecule is COc1cc(OCc2ccc(C(F)(F)F)cn2)ccc1-c1c[nH]c(-c2ccc(F)cn2)n1. The molecule has 3 aromatic heterocycles. The lowest BCUT2D eigenvalue weighted by Crippen LogP contribution is -2.06. The third-order valence-electron chi connectivity index (χ3n) is 4.54. The summed E-state index contributed by atoms with van der Waals surface area (Å²) in [6.45, 7) is -0.0105. The summed E-state index contributed by atoms with van der Waals surface area (Å²) in [5, 5.41) is 0. The van der Waals surface area contributed by atoms with Gasteiger partial charge in [0, 0.05) is 24.0 Å². The third kappa shape index (κ3) is 4.69. The number of hydrogen-bond acceptors (Lipinski definition) is 5. The predicted molar refractivity (Wildman–Crippen MR) is 107 cm³/mol. The molecule has 3 heterocycles. The highest BCUT2D eigenvalue weighted by Crippen LogP contribution is 2.33. The molecule has 4 aromatic rings. The minimum atomic E-state index is -4.44. The van der Waals surface area contributed by atoms with E-state index in [1.165, 1.54) is 25.3 Å². The monoisotopic (exact) mass is 444 g/mol. The van der Waals surface area contributed by atoms with Gasteiger partial charge in [0.05, 0.1) is 30.3 Å². The van der Waals surface area contributed by atoms with Gasteiger partial charge in [-0.05, 0) is 36.4 Å². The van der Waals surface area contributed by atoms with Gasteiger partial charge in [0.1, 0.15) is 29.6 Å². The van der Waals surface area contributed by atoms with Gasteiger partial charge in [0.15, 0.2) is 5.82 Å². The molecule has 0 radical (unpaired) electrons. The van der Waals surface area contributed by atoms with E-state index in [1.54, 1.807) is 24.4 Å². The molecule has 0 atom stereocenters. The smallest absolute Gasteiger partial charge is 0.417 e. The Hall–Kier alpha value is -3.95. The number of halogens is 4. The summed E-state index contributed by atoms with van der Waals surface area (Å²) in [6, 6.07) is 10.1. The molecule has 0 spiro atoms. The second kappa shape index (κ2) is 8.66. The highest BCUT2D eigenvalue weighted by Gasteiger charge is 2.30. The maximum absolute atomic E-state index is 13.1. The molecule has 0 saturated carbocycles. The normalized spacial score (nSPS) is 11.4. The van der Waals surface area contributed by atoms with Crippen LogP contribution in [-0.2, 0) is 12.8 Å². The van der Waals surface area contributed by atoms with Crippen LogP contribution in [0.15, 0.2) is 61.1 Å². The van der Waals surface area contributed by atoms with E-state index >= 15 is 0 Å². The number of H-pyrrole nitrogens is 1. The molecular weight excluding hydrogens is 428 g/mol. The Morgan fingerprint density at radius 2 is 1.81 bits per heavy atom. The fourth-order valence-corrected chi connectivity index (χ4v) is 2.91. The zero-order valence-corrected chi connectivity index (χ0v) is 16.7. The van der Waals surface area contributed by atoms with Crippen LogP contribution in [0.25, 0.3) is 22.8 Å². The van der Waals surface area contributed by atoms with Crippen molar-refractivity contribution in [2.75, 3.05) is 7.11 Å². The van der Waals surface area contributed by atoms with Crippen LogP contribution in [0.1, 0.15) is 11.3 Å². The van der Waals surface area contributed by atoms with Gasteiger partial charge >= 0.3 is 6.18 Å². The average molecular weight is 444 g/mol. The Morgan fingerprint density at radius 1 is 0.969 bits per heavy atom. The van der Waals surface area contributed by atoms with E-state index in [-0.39, 0.29) is 6.61 Å². The summed E-state index contributed by atoms with van der Waals surface area (Å²) < 4.78 is 62.1. The van der Waals surface area contributed by atoms with Crippen molar-refractivity contribution in [3.63, 3.8) is 0 Å². The van der Waals surface area contributed by atoms with Gasteiger partial charge in [0.2, 0.25) is 0 Å². The summed E-state index contributed by atoms with van der Waals surface area (Å²) in [6.07, 6.45) is -0.886. The first kappa shape index (κ1) is 21.3. The lowest BCUT2D eigenvalue weighted by atomic mass is 10.1. The molecule has 0 fully saturated rings. The highest BCUT2D eigenvalue weighted by molar-refractivity contribution is 5.70. The molecule has 1 N–H and O–H groups in total. The van der Waals surface area contributed by atoms with Crippen molar-refractivity contribution >= 4 is 0 Å². The van der Waals surface area contributed by atoms with Crippen molar-refractivity contribution in [1.29, 1.82) is 0 Å². The van der Waals surface area contributed by atoms with Gasteiger partial charge in [-0.25, -0.2) is 14.4 Å². The molecule has 0 aliphatic heterocycles. The fourth-order valence-electron chi connectivity index (χ4n) is 2.91. The Labute approximate surface area is 179 Å². The van der Waals surface area contributed by atoms with E-state index in [0.717, 1.165) is 18.5 Å². The molecule has 1 aromatic carbocycles. The molecule has 0 unspecified atom stereocenters. The van der Waals surface area contributed by atoms with Gasteiger partial charge in [-0.2, -0.15) is 13.2 Å². The number of nitrogens with one attached hydrogen (secondary N) is 1. The number of ether oxygens (including phenoxy) is 2. The van der Waals surface area contributed by atoms with Gasteiger partial charge < -0.3 is 14.5 Å². The van der Waals surface area contributed by atoms with Crippen LogP contribution in [0.4, 0.5) is 17.6 Å². The second-order valence-electron chi connectivity index (χ2n) is 6.68. The molecule has 0 aliphatic carbocycles. The van der Waals surface area contributed by atoms with E-state index in [9.17, 15) is 17.6 Å². The first-order chi connectivity index (χ1) is 15.3. The average Bonchev–Trinajstić information content (AvgIpc) is 3.27. The number of rotatable bonds is 6. The van der Waals surface area contributed by atoms with Crippen molar-refractivity contribution in [3.8, 4) is 34.3 Å². The molecule has 6 nitrogen and oxygen atoms in total. The zero-order chi connectivity index (χ0) is 22.7. The summed E-state index contributed by atoms with van der Waals surface area (Å²) >= 11 is 0. The van der Waals surface area contributed by atoms with Crippen LogP contribution < -0.4 is 9.47 Å². The molecular formula is C22H16F4N4O2. The molecule has 0 bridgehead atoms. The van der Waals surface area contributed by atoms with Gasteiger partial charge in [-0.3, -0.25) is 4.98 Å². The summed E-state index contributed by atoms with van der Waals surface area (Å²) in [5.41, 5.74) is 1.28. The number of alkyl halides is 3. The lowest BCUT2D eigenvalue weighted by molar-refractivity contribution is -0.137. The Balaban J connectivity index is 1.49. The van der Waals surface area contributed by atoms with E-state index < -0.39 is 17.6 Å². The Morgan fingerprint density at radius 3 is 2.47 bits per heavy atom. The largest absolute Gasteiger partial charge is 0.496 e. The van der Waals surface area contributed by atoms with Crippen molar-refractivity contribution in [2.45, 2.75) is 12.8 Å². The van der Waals surface area contributed by atoms with Gasteiger partial charge in [-0.15, -0.1) is 0 Å². The van der Waals surface area contributed by atoms with E-state index in [4.69, 9.17) is 9.47 Å². The van der Waals surface area contributed by atoms with Crippen molar-refractivity contribution in [2.24, 2.45) is 0 Å². The van der Waals surface area contributed by atoms with Crippen LogP contribution in [0.5, 0.6) is 11.5 Å². The van der Waals surface area contributed by atoms with Crippen LogP contribution >= 0.6 is 0 Å². The summed E-state index contributed by atoms with van der Waals surface area (Å²) in [5.74, 6) is 0.955. The number of aromatic nitrogens is 4. The number of imidazole rings is 1. The summed E-state index contributed by atoms with van der Waals surface area (Å²) in [4.78, 5) is 15.3. The number of aromatic amines is 1. The standard InChI is InChI=1S/C22H16F4N4O2/c1-31-20-8-16(32-12-15-4-2-13(9-27-15)22(24,25)26)5-6-17(20)19-11-29-21(30-19)18-7-3-14(23)10-28-18/h2-11H,12H2,1H3,(H,29,30). The Bertz CT molecular complexity index is 1210. The van der Waals surface area contributed by atoms with Crippen LogP contribution in [0, 0.1) is 5.82 Å². The number of hydrogen-bond donors (Lipinski definition) is 1. The predicted octanol–water partition coefficient (Wildman–Crippen LogP) is 5.28. The number of methoxy groups -OCH3 is 1. The molecule has 32 heavy (non-hydrogen) atoms. The molecule has 0 aliphatic rings. The quantitative estimate of drug-likeness (QED) is 0.410.